The second kappa shape index (κ2) is 27.4. The number of benzene rings is 3. The number of hydrogen-bond donors (Lipinski definition) is 0. The summed E-state index contributed by atoms with van der Waals surface area (Å²) in [6.45, 7) is 10.5. The molecule has 3 aromatic rings. The lowest BCUT2D eigenvalue weighted by Crippen LogP contribution is -2.44. The van der Waals surface area contributed by atoms with E-state index in [1.54, 1.807) is 13.0 Å². The summed E-state index contributed by atoms with van der Waals surface area (Å²) in [7, 11) is 3.75. The zero-order chi connectivity index (χ0) is 49.6. The molecule has 0 radical (unpaired) electrons. The first-order valence-corrected chi connectivity index (χ1v) is 23.2. The van der Waals surface area contributed by atoms with Crippen molar-refractivity contribution >= 4 is 35.8 Å². The summed E-state index contributed by atoms with van der Waals surface area (Å²) in [5.74, 6) is -2.77. The molecule has 0 heterocycles. The van der Waals surface area contributed by atoms with Gasteiger partial charge in [-0.3, -0.25) is 19.2 Å². The molecule has 368 valence electrons. The molecular weight excluding hydrogens is 873 g/mol. The molecule has 4 rings (SSSR count). The highest BCUT2D eigenvalue weighted by Crippen LogP contribution is 2.40. The van der Waals surface area contributed by atoms with Gasteiger partial charge in [-0.1, -0.05) is 94.3 Å². The average molecular weight is 941 g/mol. The largest absolute Gasteiger partial charge is 0.496 e. The molecule has 0 N–H and O–H groups in total. The third-order valence-corrected chi connectivity index (χ3v) is 12.0. The molecule has 68 heavy (non-hydrogen) atoms. The van der Waals surface area contributed by atoms with Gasteiger partial charge in [-0.15, -0.1) is 0 Å². The molecule has 14 heteroatoms. The fourth-order valence-electron chi connectivity index (χ4n) is 7.91. The predicted molar refractivity (Wildman–Crippen MR) is 256 cm³/mol. The molecule has 14 nitrogen and oxygen atoms in total. The number of methoxy groups -OCH3 is 3. The lowest BCUT2D eigenvalue weighted by atomic mass is 9.77. The standard InChI is InChI=1S/C54H68O14/c1-9-10-11-13-38-15-17-39(18-16-38)40-19-21-41(22-20-40)42-23-25-43(26-24-42)45-28-44(14-12-27-64-52(59)36(2)3)46(29-47(45)61-6)65-32-54(35-68-53(60)37(4)5,33-66-50(57)30-48(55)62-7)34-67-51(58)31-49(56)63-8/h19-26,28-29,38-39H,2,4,9-18,27,30-35H2,1,3,5-8H3. The highest BCUT2D eigenvalue weighted by molar-refractivity contribution is 5.92. The highest BCUT2D eigenvalue weighted by Gasteiger charge is 2.38. The quantitative estimate of drug-likeness (QED) is 0.0232. The maximum Gasteiger partial charge on any atom is 0.333 e. The zero-order valence-electron chi connectivity index (χ0n) is 40.6. The van der Waals surface area contributed by atoms with Crippen LogP contribution in [0.4, 0.5) is 0 Å². The fraction of sp³-hybridized carbons (Fsp3) is 0.481. The van der Waals surface area contributed by atoms with Crippen molar-refractivity contribution < 1.29 is 66.7 Å². The Morgan fingerprint density at radius 1 is 0.603 bits per heavy atom. The maximum atomic E-state index is 12.8. The SMILES string of the molecule is C=C(C)C(=O)OCCCc1cc(-c2ccc(-c3ccc(C4CCC(CCCCC)CC4)cc3)cc2)c(OC)cc1OCC(COC(=O)CC(=O)OC)(COC(=O)CC(=O)OC)COC(=O)C(=C)C. The van der Waals surface area contributed by atoms with Crippen molar-refractivity contribution in [3.63, 3.8) is 0 Å². The topological polar surface area (TPSA) is 176 Å². The summed E-state index contributed by atoms with van der Waals surface area (Å²) in [6, 6.07) is 20.7. The molecule has 0 aromatic heterocycles. The molecule has 0 bridgehead atoms. The van der Waals surface area contributed by atoms with Crippen molar-refractivity contribution in [3.8, 4) is 33.8 Å². The van der Waals surface area contributed by atoms with E-state index >= 15 is 0 Å². The first-order chi connectivity index (χ1) is 32.6. The van der Waals surface area contributed by atoms with Crippen LogP contribution in [-0.4, -0.2) is 90.2 Å². The summed E-state index contributed by atoms with van der Waals surface area (Å²) in [5.41, 5.74) is 4.55. The van der Waals surface area contributed by atoms with Gasteiger partial charge in [-0.05, 0) is 98.1 Å². The van der Waals surface area contributed by atoms with Gasteiger partial charge in [0.2, 0.25) is 0 Å². The van der Waals surface area contributed by atoms with Crippen LogP contribution in [0.5, 0.6) is 11.5 Å². The van der Waals surface area contributed by atoms with E-state index in [1.807, 2.05) is 18.2 Å². The van der Waals surface area contributed by atoms with Gasteiger partial charge in [0.1, 0.15) is 56.2 Å². The van der Waals surface area contributed by atoms with Gasteiger partial charge in [-0.2, -0.15) is 0 Å². The molecule has 1 aliphatic carbocycles. The van der Waals surface area contributed by atoms with Crippen molar-refractivity contribution in [2.45, 2.75) is 104 Å². The second-order valence-corrected chi connectivity index (χ2v) is 17.6. The normalized spacial score (nSPS) is 14.4. The monoisotopic (exact) mass is 940 g/mol. The summed E-state index contributed by atoms with van der Waals surface area (Å²) in [5, 5.41) is 0. The Morgan fingerprint density at radius 3 is 1.66 bits per heavy atom. The number of unbranched alkanes of at least 4 members (excludes halogenated alkanes) is 2. The van der Waals surface area contributed by atoms with Crippen LogP contribution >= 0.6 is 0 Å². The molecule has 0 unspecified atom stereocenters. The van der Waals surface area contributed by atoms with Crippen LogP contribution in [-0.2, 0) is 63.6 Å². The molecule has 0 atom stereocenters. The minimum absolute atomic E-state index is 0.0618. The Balaban J connectivity index is 1.65. The van der Waals surface area contributed by atoms with E-state index in [2.05, 4.69) is 66.0 Å². The fourth-order valence-corrected chi connectivity index (χ4v) is 7.91. The average Bonchev–Trinajstić information content (AvgIpc) is 3.34. The third-order valence-electron chi connectivity index (χ3n) is 12.0. The Kier molecular flexibility index (Phi) is 21.8. The Morgan fingerprint density at radius 2 is 1.13 bits per heavy atom. The van der Waals surface area contributed by atoms with Crippen LogP contribution in [0.25, 0.3) is 22.3 Å². The van der Waals surface area contributed by atoms with Crippen LogP contribution in [0.15, 0.2) is 85.0 Å². The van der Waals surface area contributed by atoms with Crippen LogP contribution < -0.4 is 9.47 Å². The number of esters is 6. The van der Waals surface area contributed by atoms with Crippen molar-refractivity contribution in [2.75, 3.05) is 54.4 Å². The van der Waals surface area contributed by atoms with E-state index in [-0.39, 0.29) is 17.8 Å². The molecule has 0 spiro atoms. The minimum atomic E-state index is -1.61. The van der Waals surface area contributed by atoms with Gasteiger partial charge >= 0.3 is 35.8 Å². The molecule has 1 fully saturated rings. The van der Waals surface area contributed by atoms with Crippen molar-refractivity contribution in [1.29, 1.82) is 0 Å². The predicted octanol–water partition coefficient (Wildman–Crippen LogP) is 9.63. The van der Waals surface area contributed by atoms with E-state index in [1.165, 1.54) is 71.0 Å². The number of carbonyl (C=O) groups is 6. The van der Waals surface area contributed by atoms with Gasteiger partial charge in [0.25, 0.3) is 0 Å². The Hall–Kier alpha value is -6.44. The molecular formula is C54H68O14. The molecule has 1 aliphatic rings. The number of hydrogen-bond acceptors (Lipinski definition) is 14. The lowest BCUT2D eigenvalue weighted by molar-refractivity contribution is -0.165. The van der Waals surface area contributed by atoms with Crippen LogP contribution in [0, 0.1) is 11.3 Å². The Labute approximate surface area is 400 Å². The lowest BCUT2D eigenvalue weighted by Gasteiger charge is -2.32. The first kappa shape index (κ1) is 54.2. The van der Waals surface area contributed by atoms with Gasteiger partial charge < -0.3 is 37.9 Å². The van der Waals surface area contributed by atoms with Gasteiger partial charge in [-0.25, -0.2) is 9.59 Å². The summed E-state index contributed by atoms with van der Waals surface area (Å²) in [4.78, 5) is 74.2. The molecule has 0 amide bonds. The second-order valence-electron chi connectivity index (χ2n) is 17.6. The van der Waals surface area contributed by atoms with Gasteiger partial charge in [0, 0.05) is 22.8 Å². The van der Waals surface area contributed by atoms with Gasteiger partial charge in [0.05, 0.1) is 27.9 Å². The van der Waals surface area contributed by atoms with E-state index in [9.17, 15) is 28.8 Å². The molecule has 3 aromatic carbocycles. The highest BCUT2D eigenvalue weighted by atomic mass is 16.6. The molecule has 1 saturated carbocycles. The number of ether oxygens (including phenoxy) is 8. The van der Waals surface area contributed by atoms with E-state index < -0.39 is 80.5 Å². The van der Waals surface area contributed by atoms with Gasteiger partial charge in [0.15, 0.2) is 0 Å². The van der Waals surface area contributed by atoms with Crippen LogP contribution in [0.1, 0.15) is 108 Å². The van der Waals surface area contributed by atoms with Crippen molar-refractivity contribution in [1.82, 2.24) is 0 Å². The summed E-state index contributed by atoms with van der Waals surface area (Å²) in [6.07, 6.45) is 9.65. The van der Waals surface area contributed by atoms with Crippen LogP contribution in [0.3, 0.4) is 0 Å². The van der Waals surface area contributed by atoms with Crippen molar-refractivity contribution in [2.24, 2.45) is 11.3 Å². The number of aryl methyl sites for hydroxylation is 1. The number of carbonyl (C=O) groups excluding carboxylic acids is 6. The minimum Gasteiger partial charge on any atom is -0.496 e. The first-order valence-electron chi connectivity index (χ1n) is 23.2. The van der Waals surface area contributed by atoms with E-state index in [4.69, 9.17) is 28.4 Å². The maximum absolute atomic E-state index is 12.8. The van der Waals surface area contributed by atoms with Crippen molar-refractivity contribution in [3.05, 3.63) is 96.1 Å². The smallest absolute Gasteiger partial charge is 0.333 e. The van der Waals surface area contributed by atoms with Crippen LogP contribution in [0.2, 0.25) is 0 Å². The number of rotatable bonds is 27. The Bertz CT molecular complexity index is 2160. The zero-order valence-corrected chi connectivity index (χ0v) is 40.6. The summed E-state index contributed by atoms with van der Waals surface area (Å²) >= 11 is 0. The molecule has 0 saturated heterocycles. The molecule has 0 aliphatic heterocycles. The van der Waals surface area contributed by atoms with E-state index in [0.29, 0.717) is 35.8 Å². The summed E-state index contributed by atoms with van der Waals surface area (Å²) < 4.78 is 43.4. The van der Waals surface area contributed by atoms with E-state index in [0.717, 1.165) is 42.4 Å². The third kappa shape index (κ3) is 17.0.